The number of non-ortho nitro benzene ring substituents is 1. The van der Waals surface area contributed by atoms with Crippen molar-refractivity contribution in [2.45, 2.75) is 38.3 Å². The predicted octanol–water partition coefficient (Wildman–Crippen LogP) is 0.492. The monoisotopic (exact) mass is 351 g/mol. The molecular formula is C16H21N3O6. The Morgan fingerprint density at radius 2 is 2.04 bits per heavy atom. The van der Waals surface area contributed by atoms with E-state index in [0.717, 1.165) is 7.11 Å². The van der Waals surface area contributed by atoms with Gasteiger partial charge in [-0.3, -0.25) is 19.7 Å². The predicted molar refractivity (Wildman–Crippen MR) is 88.6 cm³/mol. The molecule has 1 aromatic carbocycles. The molecule has 0 aromatic heterocycles. The van der Waals surface area contributed by atoms with Crippen LogP contribution in [0.1, 0.15) is 25.8 Å². The molecule has 9 nitrogen and oxygen atoms in total. The number of nitrogens with two attached hydrogens (primary N) is 1. The highest BCUT2D eigenvalue weighted by Crippen LogP contribution is 2.15. The van der Waals surface area contributed by atoms with E-state index in [-0.39, 0.29) is 18.5 Å². The quantitative estimate of drug-likeness (QED) is 0.300. The van der Waals surface area contributed by atoms with Gasteiger partial charge in [-0.25, -0.2) is 4.79 Å². The van der Waals surface area contributed by atoms with Gasteiger partial charge < -0.3 is 15.8 Å². The number of nitro benzene ring substituents is 1. The summed E-state index contributed by atoms with van der Waals surface area (Å²) in [4.78, 5) is 46.4. The average Bonchev–Trinajstić information content (AvgIpc) is 2.59. The summed E-state index contributed by atoms with van der Waals surface area (Å²) in [6.07, 6.45) is -0.134. The molecule has 25 heavy (non-hydrogen) atoms. The van der Waals surface area contributed by atoms with Crippen LogP contribution >= 0.6 is 0 Å². The molecule has 136 valence electrons. The fourth-order valence-electron chi connectivity index (χ4n) is 2.31. The highest BCUT2D eigenvalue weighted by molar-refractivity contribution is 6.11. The number of carbonyl (C=O) groups excluding carboxylic acids is 3. The lowest BCUT2D eigenvalue weighted by Crippen LogP contribution is -2.61. The zero-order valence-electron chi connectivity index (χ0n) is 14.3. The Kier molecular flexibility index (Phi) is 6.75. The number of methoxy groups -OCH3 is 1. The number of nitrogens with one attached hydrogen (secondary N) is 1. The van der Waals surface area contributed by atoms with Crippen LogP contribution in [0.25, 0.3) is 0 Å². The molecule has 1 rings (SSSR count). The van der Waals surface area contributed by atoms with Crippen LogP contribution in [-0.2, 0) is 25.5 Å². The molecular weight excluding hydrogens is 330 g/mol. The summed E-state index contributed by atoms with van der Waals surface area (Å²) in [5.74, 6) is -2.07. The molecule has 0 radical (unpaired) electrons. The summed E-state index contributed by atoms with van der Waals surface area (Å²) < 4.78 is 4.55. The van der Waals surface area contributed by atoms with E-state index in [9.17, 15) is 24.5 Å². The minimum Gasteiger partial charge on any atom is -0.467 e. The van der Waals surface area contributed by atoms with Crippen LogP contribution in [0.2, 0.25) is 0 Å². The lowest BCUT2D eigenvalue weighted by Gasteiger charge is -2.26. The molecule has 0 aliphatic carbocycles. The average molecular weight is 351 g/mol. The molecule has 0 aliphatic rings. The first kappa shape index (κ1) is 20.2. The molecule has 3 N–H and O–H groups in total. The van der Waals surface area contributed by atoms with E-state index in [2.05, 4.69) is 10.1 Å². The van der Waals surface area contributed by atoms with Crippen LogP contribution in [0.3, 0.4) is 0 Å². The summed E-state index contributed by atoms with van der Waals surface area (Å²) >= 11 is 0. The van der Waals surface area contributed by atoms with Crippen molar-refractivity contribution in [3.05, 3.63) is 39.9 Å². The SMILES string of the molecule is CC[C@@](N)(C(=O)OC)C(=O)[C@H](C)NC(=O)Cc1cccc([N+](=O)[O-])c1. The van der Waals surface area contributed by atoms with Gasteiger partial charge >= 0.3 is 5.97 Å². The van der Waals surface area contributed by atoms with Crippen LogP contribution < -0.4 is 11.1 Å². The van der Waals surface area contributed by atoms with Crippen LogP contribution in [0.4, 0.5) is 5.69 Å². The number of esters is 1. The third kappa shape index (κ3) is 4.83. The van der Waals surface area contributed by atoms with Gasteiger partial charge in [0.2, 0.25) is 5.91 Å². The molecule has 0 unspecified atom stereocenters. The van der Waals surface area contributed by atoms with Gasteiger partial charge in [-0.15, -0.1) is 0 Å². The van der Waals surface area contributed by atoms with Gasteiger partial charge in [0.15, 0.2) is 11.3 Å². The molecule has 0 spiro atoms. The number of amides is 1. The van der Waals surface area contributed by atoms with E-state index in [4.69, 9.17) is 5.73 Å². The summed E-state index contributed by atoms with van der Waals surface area (Å²) in [6.45, 7) is 2.97. The largest absolute Gasteiger partial charge is 0.467 e. The van der Waals surface area contributed by atoms with E-state index in [0.29, 0.717) is 5.56 Å². The van der Waals surface area contributed by atoms with Crippen LogP contribution in [0.15, 0.2) is 24.3 Å². The van der Waals surface area contributed by atoms with E-state index >= 15 is 0 Å². The Hall–Kier alpha value is -2.81. The highest BCUT2D eigenvalue weighted by atomic mass is 16.6. The number of hydrogen-bond acceptors (Lipinski definition) is 7. The van der Waals surface area contributed by atoms with Crippen molar-refractivity contribution in [3.63, 3.8) is 0 Å². The van der Waals surface area contributed by atoms with Gasteiger partial charge in [0.1, 0.15) is 0 Å². The van der Waals surface area contributed by atoms with Gasteiger partial charge in [-0.2, -0.15) is 0 Å². The van der Waals surface area contributed by atoms with E-state index < -0.39 is 34.2 Å². The first-order valence-electron chi connectivity index (χ1n) is 7.60. The van der Waals surface area contributed by atoms with Crippen molar-refractivity contribution in [3.8, 4) is 0 Å². The lowest BCUT2D eigenvalue weighted by atomic mass is 9.88. The second-order valence-corrected chi connectivity index (χ2v) is 5.57. The molecule has 0 bridgehead atoms. The highest BCUT2D eigenvalue weighted by Gasteiger charge is 2.43. The summed E-state index contributed by atoms with van der Waals surface area (Å²) in [5, 5.41) is 13.2. The number of carbonyl (C=O) groups is 3. The number of benzene rings is 1. The molecule has 0 saturated heterocycles. The number of nitrogens with zero attached hydrogens (tertiary/aromatic N) is 1. The second-order valence-electron chi connectivity index (χ2n) is 5.57. The van der Waals surface area contributed by atoms with Gasteiger partial charge in [0.25, 0.3) is 5.69 Å². The molecule has 0 saturated carbocycles. The Morgan fingerprint density at radius 1 is 1.40 bits per heavy atom. The zero-order chi connectivity index (χ0) is 19.2. The molecule has 1 aromatic rings. The molecule has 0 heterocycles. The van der Waals surface area contributed by atoms with Crippen molar-refractivity contribution < 1.29 is 24.0 Å². The minimum atomic E-state index is -1.84. The third-order valence-corrected chi connectivity index (χ3v) is 3.80. The van der Waals surface area contributed by atoms with Gasteiger partial charge in [0, 0.05) is 12.1 Å². The van der Waals surface area contributed by atoms with Gasteiger partial charge in [-0.05, 0) is 18.9 Å². The lowest BCUT2D eigenvalue weighted by molar-refractivity contribution is -0.384. The van der Waals surface area contributed by atoms with E-state index in [1.807, 2.05) is 0 Å². The van der Waals surface area contributed by atoms with E-state index in [1.54, 1.807) is 13.0 Å². The Balaban J connectivity index is 2.79. The number of ether oxygens (including phenoxy) is 1. The van der Waals surface area contributed by atoms with Crippen LogP contribution in [0, 0.1) is 10.1 Å². The first-order valence-corrected chi connectivity index (χ1v) is 7.60. The number of Topliss-reactive ketones (excluding diaryl/α,β-unsaturated/α-hetero) is 1. The first-order chi connectivity index (χ1) is 11.7. The molecule has 2 atom stereocenters. The molecule has 1 amide bonds. The minimum absolute atomic E-state index is 0.0175. The van der Waals surface area contributed by atoms with Crippen molar-refractivity contribution in [1.82, 2.24) is 5.32 Å². The maximum atomic E-state index is 12.4. The molecule has 9 heteroatoms. The van der Waals surface area contributed by atoms with Crippen LogP contribution in [-0.4, -0.2) is 41.3 Å². The fraction of sp³-hybridized carbons (Fsp3) is 0.438. The van der Waals surface area contributed by atoms with Crippen LogP contribution in [0.5, 0.6) is 0 Å². The number of ketones is 1. The summed E-state index contributed by atoms with van der Waals surface area (Å²) in [5.41, 5.74) is 4.28. The Labute approximate surface area is 144 Å². The smallest absolute Gasteiger partial charge is 0.333 e. The number of rotatable bonds is 8. The van der Waals surface area contributed by atoms with Gasteiger partial charge in [-0.1, -0.05) is 19.1 Å². The Morgan fingerprint density at radius 3 is 2.56 bits per heavy atom. The second kappa shape index (κ2) is 8.34. The number of nitro groups is 1. The standard InChI is InChI=1S/C16H21N3O6/c1-4-16(17,15(22)25-3)14(21)10(2)18-13(20)9-11-6-5-7-12(8-11)19(23)24/h5-8,10H,4,9,17H2,1-3H3,(H,18,20)/t10-,16-/m0/s1. The maximum Gasteiger partial charge on any atom is 0.333 e. The van der Waals surface area contributed by atoms with Gasteiger partial charge in [0.05, 0.1) is 24.5 Å². The number of hydrogen-bond donors (Lipinski definition) is 2. The zero-order valence-corrected chi connectivity index (χ0v) is 14.3. The third-order valence-electron chi connectivity index (χ3n) is 3.80. The molecule has 0 fully saturated rings. The molecule has 0 aliphatic heterocycles. The summed E-state index contributed by atoms with van der Waals surface area (Å²) in [6, 6.07) is 4.60. The fourth-order valence-corrected chi connectivity index (χ4v) is 2.31. The van der Waals surface area contributed by atoms with Crippen molar-refractivity contribution in [2.75, 3.05) is 7.11 Å². The van der Waals surface area contributed by atoms with E-state index in [1.165, 1.54) is 25.1 Å². The maximum absolute atomic E-state index is 12.4. The van der Waals surface area contributed by atoms with Crippen molar-refractivity contribution in [2.24, 2.45) is 5.73 Å². The topological polar surface area (TPSA) is 142 Å². The van der Waals surface area contributed by atoms with Crippen molar-refractivity contribution in [1.29, 1.82) is 0 Å². The Bertz CT molecular complexity index is 690. The summed E-state index contributed by atoms with van der Waals surface area (Å²) in [7, 11) is 1.12. The van der Waals surface area contributed by atoms with Crippen molar-refractivity contribution >= 4 is 23.3 Å². The normalized spacial score (nSPS) is 14.1.